The Morgan fingerprint density at radius 3 is 2.62 bits per heavy atom. The Bertz CT molecular complexity index is 280. The molecule has 1 rings (SSSR count). The standard InChI is InChI=1S/C13H16/c1-12(2)8-6-7-11-13-9-4-3-5-10-13/h3-5,7,9-11H,1,6,8H2,2H3/b11-7+. The van der Waals surface area contributed by atoms with Crippen LogP contribution in [0.5, 0.6) is 0 Å². The van der Waals surface area contributed by atoms with E-state index >= 15 is 0 Å². The second-order valence-electron chi connectivity index (χ2n) is 3.31. The molecule has 0 amide bonds. The molecule has 0 nitrogen and oxygen atoms in total. The van der Waals surface area contributed by atoms with Crippen molar-refractivity contribution in [3.8, 4) is 0 Å². The summed E-state index contributed by atoms with van der Waals surface area (Å²) in [5.41, 5.74) is 2.52. The molecule has 0 unspecified atom stereocenters. The number of rotatable bonds is 4. The van der Waals surface area contributed by atoms with Crippen molar-refractivity contribution in [3.05, 3.63) is 54.1 Å². The van der Waals surface area contributed by atoms with Crippen LogP contribution in [0.25, 0.3) is 6.08 Å². The first-order valence-electron chi connectivity index (χ1n) is 4.65. The molecule has 0 fully saturated rings. The van der Waals surface area contributed by atoms with Gasteiger partial charge in [0.1, 0.15) is 0 Å². The molecular weight excluding hydrogens is 156 g/mol. The lowest BCUT2D eigenvalue weighted by atomic mass is 10.1. The fraction of sp³-hybridized carbons (Fsp3) is 0.231. The average molecular weight is 172 g/mol. The van der Waals surface area contributed by atoms with Crippen LogP contribution in [0.2, 0.25) is 0 Å². The Balaban J connectivity index is 2.37. The topological polar surface area (TPSA) is 0 Å². The summed E-state index contributed by atoms with van der Waals surface area (Å²) in [7, 11) is 0. The fourth-order valence-corrected chi connectivity index (χ4v) is 1.11. The van der Waals surface area contributed by atoms with Gasteiger partial charge in [-0.3, -0.25) is 0 Å². The van der Waals surface area contributed by atoms with Crippen LogP contribution in [-0.2, 0) is 0 Å². The van der Waals surface area contributed by atoms with Gasteiger partial charge in [0.05, 0.1) is 0 Å². The predicted octanol–water partition coefficient (Wildman–Crippen LogP) is 4.06. The van der Waals surface area contributed by atoms with Gasteiger partial charge in [0.2, 0.25) is 0 Å². The van der Waals surface area contributed by atoms with E-state index in [0.717, 1.165) is 12.8 Å². The van der Waals surface area contributed by atoms with Crippen LogP contribution in [0.1, 0.15) is 25.3 Å². The highest BCUT2D eigenvalue weighted by Gasteiger charge is 1.84. The molecule has 0 aromatic heterocycles. The largest absolute Gasteiger partial charge is 0.100 e. The smallest absolute Gasteiger partial charge is 0.0260 e. The highest BCUT2D eigenvalue weighted by molar-refractivity contribution is 5.48. The SMILES string of the molecule is C=C(C)CC/C=C/c1ccccc1. The van der Waals surface area contributed by atoms with Crippen molar-refractivity contribution in [3.63, 3.8) is 0 Å². The summed E-state index contributed by atoms with van der Waals surface area (Å²) in [4.78, 5) is 0. The van der Waals surface area contributed by atoms with Gasteiger partial charge in [-0.25, -0.2) is 0 Å². The average Bonchev–Trinajstić information content (AvgIpc) is 2.14. The lowest BCUT2D eigenvalue weighted by Gasteiger charge is -1.93. The quantitative estimate of drug-likeness (QED) is 0.601. The molecule has 0 aliphatic heterocycles. The molecule has 0 heterocycles. The number of benzene rings is 1. The molecule has 13 heavy (non-hydrogen) atoms. The zero-order valence-corrected chi connectivity index (χ0v) is 8.16. The first kappa shape index (κ1) is 9.79. The Hall–Kier alpha value is -1.30. The Kier molecular flexibility index (Phi) is 4.04. The van der Waals surface area contributed by atoms with Crippen molar-refractivity contribution in [2.24, 2.45) is 0 Å². The normalized spacial score (nSPS) is 10.5. The Morgan fingerprint density at radius 2 is 2.00 bits per heavy atom. The first-order valence-corrected chi connectivity index (χ1v) is 4.65. The summed E-state index contributed by atoms with van der Waals surface area (Å²) in [6.07, 6.45) is 6.53. The van der Waals surface area contributed by atoms with Gasteiger partial charge < -0.3 is 0 Å². The van der Waals surface area contributed by atoms with Crippen molar-refractivity contribution < 1.29 is 0 Å². The van der Waals surface area contributed by atoms with Crippen LogP contribution in [-0.4, -0.2) is 0 Å². The van der Waals surface area contributed by atoms with Crippen molar-refractivity contribution in [1.82, 2.24) is 0 Å². The highest BCUT2D eigenvalue weighted by atomic mass is 13.9. The summed E-state index contributed by atoms with van der Waals surface area (Å²) in [6.45, 7) is 5.93. The second kappa shape index (κ2) is 5.36. The maximum atomic E-state index is 3.87. The lowest BCUT2D eigenvalue weighted by Crippen LogP contribution is -1.72. The highest BCUT2D eigenvalue weighted by Crippen LogP contribution is 2.05. The lowest BCUT2D eigenvalue weighted by molar-refractivity contribution is 0.987. The van der Waals surface area contributed by atoms with Crippen LogP contribution < -0.4 is 0 Å². The molecule has 0 N–H and O–H groups in total. The Labute approximate surface area is 80.6 Å². The second-order valence-corrected chi connectivity index (χ2v) is 3.31. The van der Waals surface area contributed by atoms with Gasteiger partial charge in [-0.05, 0) is 25.3 Å². The van der Waals surface area contributed by atoms with Gasteiger partial charge >= 0.3 is 0 Å². The molecular formula is C13H16. The molecule has 1 aromatic carbocycles. The number of hydrogen-bond acceptors (Lipinski definition) is 0. The molecule has 0 saturated carbocycles. The monoisotopic (exact) mass is 172 g/mol. The summed E-state index contributed by atoms with van der Waals surface area (Å²) >= 11 is 0. The van der Waals surface area contributed by atoms with Crippen molar-refractivity contribution in [2.75, 3.05) is 0 Å². The summed E-state index contributed by atoms with van der Waals surface area (Å²) in [6, 6.07) is 10.4. The maximum Gasteiger partial charge on any atom is -0.0260 e. The zero-order chi connectivity index (χ0) is 9.52. The zero-order valence-electron chi connectivity index (χ0n) is 8.16. The first-order chi connectivity index (χ1) is 6.29. The molecule has 0 heteroatoms. The minimum absolute atomic E-state index is 1.09. The van der Waals surface area contributed by atoms with Crippen LogP contribution in [0, 0.1) is 0 Å². The third-order valence-electron chi connectivity index (χ3n) is 1.85. The molecule has 68 valence electrons. The molecule has 0 spiro atoms. The van der Waals surface area contributed by atoms with Gasteiger partial charge in [0, 0.05) is 0 Å². The van der Waals surface area contributed by atoms with E-state index in [2.05, 4.69) is 49.9 Å². The van der Waals surface area contributed by atoms with E-state index in [1.54, 1.807) is 0 Å². The van der Waals surface area contributed by atoms with E-state index in [9.17, 15) is 0 Å². The Morgan fingerprint density at radius 1 is 1.31 bits per heavy atom. The van der Waals surface area contributed by atoms with Gasteiger partial charge in [0.15, 0.2) is 0 Å². The summed E-state index contributed by atoms with van der Waals surface area (Å²) < 4.78 is 0. The van der Waals surface area contributed by atoms with Crippen molar-refractivity contribution in [2.45, 2.75) is 19.8 Å². The van der Waals surface area contributed by atoms with E-state index in [4.69, 9.17) is 0 Å². The minimum atomic E-state index is 1.09. The molecule has 0 saturated heterocycles. The van der Waals surface area contributed by atoms with E-state index in [1.165, 1.54) is 11.1 Å². The van der Waals surface area contributed by atoms with E-state index in [1.807, 2.05) is 6.07 Å². The van der Waals surface area contributed by atoms with Gasteiger partial charge in [-0.15, -0.1) is 6.58 Å². The maximum absolute atomic E-state index is 3.87. The van der Waals surface area contributed by atoms with Gasteiger partial charge in [0.25, 0.3) is 0 Å². The minimum Gasteiger partial charge on any atom is -0.100 e. The van der Waals surface area contributed by atoms with Crippen molar-refractivity contribution >= 4 is 6.08 Å². The van der Waals surface area contributed by atoms with Crippen LogP contribution in [0.4, 0.5) is 0 Å². The molecule has 0 aliphatic carbocycles. The van der Waals surface area contributed by atoms with Gasteiger partial charge in [-0.1, -0.05) is 48.1 Å². The third-order valence-corrected chi connectivity index (χ3v) is 1.85. The predicted molar refractivity (Wildman–Crippen MR) is 59.5 cm³/mol. The van der Waals surface area contributed by atoms with E-state index in [0.29, 0.717) is 0 Å². The number of allylic oxidation sites excluding steroid dienone is 2. The fourth-order valence-electron chi connectivity index (χ4n) is 1.11. The van der Waals surface area contributed by atoms with Gasteiger partial charge in [-0.2, -0.15) is 0 Å². The molecule has 0 radical (unpaired) electrons. The summed E-state index contributed by atoms with van der Waals surface area (Å²) in [5, 5.41) is 0. The molecule has 0 atom stereocenters. The van der Waals surface area contributed by atoms with Crippen LogP contribution >= 0.6 is 0 Å². The molecule has 1 aromatic rings. The molecule has 0 bridgehead atoms. The van der Waals surface area contributed by atoms with Crippen LogP contribution in [0.15, 0.2) is 48.6 Å². The van der Waals surface area contributed by atoms with Crippen molar-refractivity contribution in [1.29, 1.82) is 0 Å². The summed E-state index contributed by atoms with van der Waals surface area (Å²) in [5.74, 6) is 0. The third kappa shape index (κ3) is 4.32. The number of hydrogen-bond donors (Lipinski definition) is 0. The van der Waals surface area contributed by atoms with E-state index < -0.39 is 0 Å². The van der Waals surface area contributed by atoms with E-state index in [-0.39, 0.29) is 0 Å². The van der Waals surface area contributed by atoms with Crippen LogP contribution in [0.3, 0.4) is 0 Å². The molecule has 0 aliphatic rings.